The van der Waals surface area contributed by atoms with E-state index in [-0.39, 0.29) is 0 Å². The Hall–Kier alpha value is -2.27. The van der Waals surface area contributed by atoms with Crippen molar-refractivity contribution in [3.8, 4) is 16.2 Å². The second kappa shape index (κ2) is 9.00. The second-order valence-corrected chi connectivity index (χ2v) is 6.03. The molecule has 0 unspecified atom stereocenters. The molecule has 0 aliphatic carbocycles. The Morgan fingerprint density at radius 3 is 2.65 bits per heavy atom. The number of ether oxygens (including phenoxy) is 1. The molecule has 2 rings (SSSR count). The molecule has 0 bridgehead atoms. The Morgan fingerprint density at radius 2 is 2.00 bits per heavy atom. The number of thiophene rings is 1. The first-order valence-corrected chi connectivity index (χ1v) is 8.44. The first-order chi connectivity index (χ1) is 11.3. The van der Waals surface area contributed by atoms with Crippen LogP contribution in [-0.4, -0.2) is 26.2 Å². The zero-order chi connectivity index (χ0) is 16.5. The smallest absolute Gasteiger partial charge is 0.191 e. The maximum absolute atomic E-state index is 5.20. The molecule has 0 fully saturated rings. The van der Waals surface area contributed by atoms with Gasteiger partial charge < -0.3 is 15.4 Å². The van der Waals surface area contributed by atoms with E-state index in [1.54, 1.807) is 18.4 Å². The quantitative estimate of drug-likeness (QED) is 0.463. The maximum Gasteiger partial charge on any atom is 0.191 e. The highest BCUT2D eigenvalue weighted by atomic mass is 32.1. The largest absolute Gasteiger partial charge is 0.497 e. The van der Waals surface area contributed by atoms with Gasteiger partial charge in [0.15, 0.2) is 5.96 Å². The summed E-state index contributed by atoms with van der Waals surface area (Å²) in [5, 5.41) is 6.42. The lowest BCUT2D eigenvalue weighted by molar-refractivity contribution is 0.415. The van der Waals surface area contributed by atoms with Gasteiger partial charge >= 0.3 is 0 Å². The molecule has 23 heavy (non-hydrogen) atoms. The Bertz CT molecular complexity index is 647. The molecule has 0 spiro atoms. The summed E-state index contributed by atoms with van der Waals surface area (Å²) in [6.07, 6.45) is 1.82. The Kier molecular flexibility index (Phi) is 6.69. The van der Waals surface area contributed by atoms with E-state index in [0.29, 0.717) is 13.1 Å². The van der Waals surface area contributed by atoms with Crippen LogP contribution in [0.25, 0.3) is 10.4 Å². The lowest BCUT2D eigenvalue weighted by atomic mass is 10.2. The molecule has 0 aliphatic rings. The second-order valence-electron chi connectivity index (χ2n) is 4.86. The van der Waals surface area contributed by atoms with Crippen LogP contribution >= 0.6 is 11.3 Å². The van der Waals surface area contributed by atoms with E-state index in [0.717, 1.165) is 18.3 Å². The van der Waals surface area contributed by atoms with E-state index in [1.807, 2.05) is 18.2 Å². The van der Waals surface area contributed by atoms with Crippen LogP contribution in [0.1, 0.15) is 11.8 Å². The molecule has 1 aromatic carbocycles. The van der Waals surface area contributed by atoms with Crippen molar-refractivity contribution in [3.05, 3.63) is 53.9 Å². The highest BCUT2D eigenvalue weighted by Crippen LogP contribution is 2.29. The normalized spacial score (nSPS) is 11.1. The fraction of sp³-hybridized carbons (Fsp3) is 0.278. The fourth-order valence-electron chi connectivity index (χ4n) is 2.04. The Balaban J connectivity index is 2.04. The number of aliphatic imine (C=N–C) groups is 1. The van der Waals surface area contributed by atoms with Gasteiger partial charge in [-0.2, -0.15) is 0 Å². The monoisotopic (exact) mass is 329 g/mol. The van der Waals surface area contributed by atoms with Crippen molar-refractivity contribution in [2.24, 2.45) is 4.99 Å². The van der Waals surface area contributed by atoms with Crippen molar-refractivity contribution in [2.45, 2.75) is 13.5 Å². The van der Waals surface area contributed by atoms with Crippen molar-refractivity contribution in [1.82, 2.24) is 10.6 Å². The zero-order valence-electron chi connectivity index (χ0n) is 13.6. The lowest BCUT2D eigenvalue weighted by Gasteiger charge is -2.08. The van der Waals surface area contributed by atoms with Gasteiger partial charge in [0, 0.05) is 22.8 Å². The van der Waals surface area contributed by atoms with Crippen molar-refractivity contribution >= 4 is 17.3 Å². The van der Waals surface area contributed by atoms with Crippen molar-refractivity contribution < 1.29 is 4.74 Å². The third kappa shape index (κ3) is 5.14. The Morgan fingerprint density at radius 1 is 1.22 bits per heavy atom. The minimum Gasteiger partial charge on any atom is -0.497 e. The minimum absolute atomic E-state index is 0.660. The van der Waals surface area contributed by atoms with E-state index >= 15 is 0 Å². The summed E-state index contributed by atoms with van der Waals surface area (Å²) in [6.45, 7) is 7.96. The van der Waals surface area contributed by atoms with Crippen LogP contribution in [-0.2, 0) is 6.54 Å². The molecule has 0 amide bonds. The van der Waals surface area contributed by atoms with Crippen LogP contribution in [0.3, 0.4) is 0 Å². The Labute approximate surface area is 141 Å². The number of hydrogen-bond acceptors (Lipinski definition) is 3. The average molecular weight is 329 g/mol. The SMILES string of the molecule is C=CCNC(=NCc1ccc(-c2ccc(OC)cc2)s1)NCC. The molecule has 1 heterocycles. The molecule has 1 aromatic heterocycles. The summed E-state index contributed by atoms with van der Waals surface area (Å²) < 4.78 is 5.20. The molecule has 0 atom stereocenters. The van der Waals surface area contributed by atoms with Crippen LogP contribution in [0.15, 0.2) is 54.0 Å². The van der Waals surface area contributed by atoms with Gasteiger partial charge in [0.2, 0.25) is 0 Å². The molecule has 5 heteroatoms. The van der Waals surface area contributed by atoms with Crippen LogP contribution in [0.5, 0.6) is 5.75 Å². The predicted molar refractivity (Wildman–Crippen MR) is 99.3 cm³/mol. The summed E-state index contributed by atoms with van der Waals surface area (Å²) in [4.78, 5) is 7.06. The van der Waals surface area contributed by atoms with Gasteiger partial charge in [-0.15, -0.1) is 17.9 Å². The van der Waals surface area contributed by atoms with Gasteiger partial charge in [0.05, 0.1) is 13.7 Å². The van der Waals surface area contributed by atoms with Crippen LogP contribution < -0.4 is 15.4 Å². The number of methoxy groups -OCH3 is 1. The van der Waals surface area contributed by atoms with Crippen molar-refractivity contribution in [3.63, 3.8) is 0 Å². The molecule has 2 aromatic rings. The number of guanidine groups is 1. The van der Waals surface area contributed by atoms with Gasteiger partial charge in [-0.25, -0.2) is 4.99 Å². The molecular weight excluding hydrogens is 306 g/mol. The average Bonchev–Trinajstić information content (AvgIpc) is 3.06. The molecule has 4 nitrogen and oxygen atoms in total. The van der Waals surface area contributed by atoms with Crippen molar-refractivity contribution in [1.29, 1.82) is 0 Å². The van der Waals surface area contributed by atoms with Crippen LogP contribution in [0.4, 0.5) is 0 Å². The summed E-state index contributed by atoms with van der Waals surface area (Å²) in [5.41, 5.74) is 1.20. The summed E-state index contributed by atoms with van der Waals surface area (Å²) >= 11 is 1.76. The first kappa shape index (κ1) is 17.1. The third-order valence-electron chi connectivity index (χ3n) is 3.19. The van der Waals surface area contributed by atoms with E-state index in [4.69, 9.17) is 4.74 Å². The lowest BCUT2D eigenvalue weighted by Crippen LogP contribution is -2.37. The van der Waals surface area contributed by atoms with Gasteiger partial charge in [-0.1, -0.05) is 6.08 Å². The molecule has 0 aliphatic heterocycles. The van der Waals surface area contributed by atoms with Crippen LogP contribution in [0, 0.1) is 0 Å². The molecule has 2 N–H and O–H groups in total. The first-order valence-electron chi connectivity index (χ1n) is 7.63. The van der Waals surface area contributed by atoms with Gasteiger partial charge in [0.1, 0.15) is 5.75 Å². The molecular formula is C18H23N3OS. The standard InChI is InChI=1S/C18H23N3OS/c1-4-12-20-18(19-5-2)21-13-16-10-11-17(23-16)14-6-8-15(22-3)9-7-14/h4,6-11H,1,5,12-13H2,2-3H3,(H2,19,20,21). The van der Waals surface area contributed by atoms with E-state index < -0.39 is 0 Å². The van der Waals surface area contributed by atoms with E-state index in [2.05, 4.69) is 53.4 Å². The number of nitrogens with one attached hydrogen (secondary N) is 2. The number of hydrogen-bond donors (Lipinski definition) is 2. The summed E-state index contributed by atoms with van der Waals surface area (Å²) in [5.74, 6) is 1.69. The number of benzene rings is 1. The molecule has 0 saturated heterocycles. The summed E-state index contributed by atoms with van der Waals surface area (Å²) in [7, 11) is 1.68. The van der Waals surface area contributed by atoms with Crippen molar-refractivity contribution in [2.75, 3.05) is 20.2 Å². The van der Waals surface area contributed by atoms with Gasteiger partial charge in [-0.05, 0) is 48.9 Å². The maximum atomic E-state index is 5.20. The minimum atomic E-state index is 0.660. The zero-order valence-corrected chi connectivity index (χ0v) is 14.5. The third-order valence-corrected chi connectivity index (χ3v) is 4.31. The molecule has 0 radical (unpaired) electrons. The van der Waals surface area contributed by atoms with Gasteiger partial charge in [0.25, 0.3) is 0 Å². The van der Waals surface area contributed by atoms with E-state index in [1.165, 1.54) is 15.3 Å². The fourth-order valence-corrected chi connectivity index (χ4v) is 2.98. The molecule has 0 saturated carbocycles. The topological polar surface area (TPSA) is 45.7 Å². The highest BCUT2D eigenvalue weighted by Gasteiger charge is 2.04. The number of nitrogens with zero attached hydrogens (tertiary/aromatic N) is 1. The summed E-state index contributed by atoms with van der Waals surface area (Å²) in [6, 6.07) is 12.4. The predicted octanol–water partition coefficient (Wildman–Crippen LogP) is 3.66. The highest BCUT2D eigenvalue weighted by molar-refractivity contribution is 7.15. The van der Waals surface area contributed by atoms with E-state index in [9.17, 15) is 0 Å². The van der Waals surface area contributed by atoms with Gasteiger partial charge in [-0.3, -0.25) is 0 Å². The molecule has 122 valence electrons. The number of rotatable bonds is 7. The van der Waals surface area contributed by atoms with Crippen LogP contribution in [0.2, 0.25) is 0 Å².